The number of halogens is 1. The Morgan fingerprint density at radius 1 is 1.11 bits per heavy atom. The molecule has 1 N–H and O–H groups in total. The van der Waals surface area contributed by atoms with Gasteiger partial charge >= 0.3 is 0 Å². The molecule has 0 radical (unpaired) electrons. The number of carbonyl (C=O) groups excluding carboxylic acids is 1. The Morgan fingerprint density at radius 2 is 1.81 bits per heavy atom. The van der Waals surface area contributed by atoms with Gasteiger partial charge in [0.2, 0.25) is 5.43 Å². The van der Waals surface area contributed by atoms with Crippen LogP contribution in [0.1, 0.15) is 33.1 Å². The van der Waals surface area contributed by atoms with Crippen LogP contribution in [-0.2, 0) is 0 Å². The van der Waals surface area contributed by atoms with Crippen molar-refractivity contribution in [3.8, 4) is 5.69 Å². The molecule has 138 valence electrons. The predicted molar refractivity (Wildman–Crippen MR) is 101 cm³/mol. The topological polar surface area (TPSA) is 76.9 Å². The molecule has 3 aromatic rings. The summed E-state index contributed by atoms with van der Waals surface area (Å²) in [6.07, 6.45) is 0. The number of aromatic nitrogens is 3. The fraction of sp³-hybridized carbons (Fsp3) is 0.200. The molecule has 7 heteroatoms. The monoisotopic (exact) mass is 366 g/mol. The first-order valence-corrected chi connectivity index (χ1v) is 8.40. The Kier molecular flexibility index (Phi) is 4.85. The molecule has 0 bridgehead atoms. The summed E-state index contributed by atoms with van der Waals surface area (Å²) in [6.45, 7) is 7.11. The van der Waals surface area contributed by atoms with E-state index < -0.39 is 17.2 Å². The zero-order valence-corrected chi connectivity index (χ0v) is 15.5. The molecule has 0 fully saturated rings. The second-order valence-corrected chi connectivity index (χ2v) is 6.36. The van der Waals surface area contributed by atoms with E-state index in [2.05, 4.69) is 15.4 Å². The van der Waals surface area contributed by atoms with Crippen molar-refractivity contribution in [3.63, 3.8) is 0 Å². The Morgan fingerprint density at radius 3 is 2.48 bits per heavy atom. The van der Waals surface area contributed by atoms with Gasteiger partial charge < -0.3 is 5.32 Å². The van der Waals surface area contributed by atoms with Gasteiger partial charge in [-0.05, 0) is 51.5 Å². The third-order valence-electron chi connectivity index (χ3n) is 4.17. The number of aryl methyl sites for hydroxylation is 4. The molecule has 0 unspecified atom stereocenters. The minimum atomic E-state index is -0.665. The molecule has 0 aliphatic heterocycles. The summed E-state index contributed by atoms with van der Waals surface area (Å²) in [5.74, 6) is -1.17. The number of benzene rings is 1. The van der Waals surface area contributed by atoms with Crippen molar-refractivity contribution in [2.75, 3.05) is 5.32 Å². The SMILES string of the molecule is Cc1cc(C)c(NC(=O)c2nn(-c3ccccc3F)c(C)cc2=O)c(C)n1. The summed E-state index contributed by atoms with van der Waals surface area (Å²) in [6, 6.07) is 9.13. The summed E-state index contributed by atoms with van der Waals surface area (Å²) < 4.78 is 15.4. The van der Waals surface area contributed by atoms with Gasteiger partial charge in [-0.2, -0.15) is 5.10 Å². The van der Waals surface area contributed by atoms with E-state index in [9.17, 15) is 14.0 Å². The maximum atomic E-state index is 14.1. The molecule has 0 spiro atoms. The van der Waals surface area contributed by atoms with Crippen molar-refractivity contribution in [3.05, 3.63) is 80.8 Å². The van der Waals surface area contributed by atoms with E-state index in [1.807, 2.05) is 19.9 Å². The average molecular weight is 366 g/mol. The molecule has 0 atom stereocenters. The summed E-state index contributed by atoms with van der Waals surface area (Å²) in [7, 11) is 0. The van der Waals surface area contributed by atoms with Crippen molar-refractivity contribution in [1.82, 2.24) is 14.8 Å². The van der Waals surface area contributed by atoms with Crippen molar-refractivity contribution in [2.24, 2.45) is 0 Å². The van der Waals surface area contributed by atoms with Gasteiger partial charge in [-0.1, -0.05) is 12.1 Å². The maximum absolute atomic E-state index is 14.1. The second-order valence-electron chi connectivity index (χ2n) is 6.36. The van der Waals surface area contributed by atoms with Gasteiger partial charge in [-0.3, -0.25) is 14.6 Å². The van der Waals surface area contributed by atoms with Crippen LogP contribution < -0.4 is 10.7 Å². The van der Waals surface area contributed by atoms with Crippen LogP contribution >= 0.6 is 0 Å². The first-order valence-electron chi connectivity index (χ1n) is 8.40. The minimum absolute atomic E-state index is 0.161. The first kappa shape index (κ1) is 18.4. The van der Waals surface area contributed by atoms with Crippen LogP contribution in [0.15, 0.2) is 41.2 Å². The number of amides is 1. The molecular formula is C20H19FN4O2. The standard InChI is InChI=1S/C20H19FN4O2/c1-11-9-12(2)22-14(4)18(11)23-20(27)19-17(26)10-13(3)25(24-19)16-8-6-5-7-15(16)21/h5-10H,1-4H3,(H,23,27). The maximum Gasteiger partial charge on any atom is 0.280 e. The van der Waals surface area contributed by atoms with E-state index in [1.165, 1.54) is 22.9 Å². The highest BCUT2D eigenvalue weighted by Gasteiger charge is 2.18. The fourth-order valence-electron chi connectivity index (χ4n) is 2.96. The predicted octanol–water partition coefficient (Wildman–Crippen LogP) is 3.25. The molecule has 3 rings (SSSR count). The van der Waals surface area contributed by atoms with Gasteiger partial charge in [0.25, 0.3) is 5.91 Å². The average Bonchev–Trinajstić information content (AvgIpc) is 2.59. The molecule has 2 heterocycles. The van der Waals surface area contributed by atoms with Crippen LogP contribution in [-0.4, -0.2) is 20.7 Å². The van der Waals surface area contributed by atoms with Gasteiger partial charge in [0, 0.05) is 17.5 Å². The molecule has 0 aliphatic rings. The summed E-state index contributed by atoms with van der Waals surface area (Å²) in [4.78, 5) is 29.3. The zero-order valence-electron chi connectivity index (χ0n) is 15.5. The third kappa shape index (κ3) is 3.62. The third-order valence-corrected chi connectivity index (χ3v) is 4.17. The number of para-hydroxylation sites is 1. The molecule has 0 saturated carbocycles. The van der Waals surface area contributed by atoms with Crippen LogP contribution in [0.2, 0.25) is 0 Å². The summed E-state index contributed by atoms with van der Waals surface area (Å²) in [5.41, 5.74) is 2.57. The van der Waals surface area contributed by atoms with Crippen LogP contribution in [0.3, 0.4) is 0 Å². The van der Waals surface area contributed by atoms with Crippen LogP contribution in [0.5, 0.6) is 0 Å². The van der Waals surface area contributed by atoms with E-state index in [0.29, 0.717) is 17.1 Å². The number of rotatable bonds is 3. The van der Waals surface area contributed by atoms with Crippen molar-refractivity contribution < 1.29 is 9.18 Å². The lowest BCUT2D eigenvalue weighted by atomic mass is 10.1. The Balaban J connectivity index is 2.05. The lowest BCUT2D eigenvalue weighted by molar-refractivity contribution is 0.101. The number of nitrogens with one attached hydrogen (secondary N) is 1. The highest BCUT2D eigenvalue weighted by molar-refractivity contribution is 6.03. The molecule has 2 aromatic heterocycles. The van der Waals surface area contributed by atoms with Crippen LogP contribution in [0.4, 0.5) is 10.1 Å². The lowest BCUT2D eigenvalue weighted by Crippen LogP contribution is -2.27. The smallest absolute Gasteiger partial charge is 0.280 e. The van der Waals surface area contributed by atoms with E-state index in [4.69, 9.17) is 0 Å². The Labute approximate surface area is 155 Å². The number of nitrogens with zero attached hydrogens (tertiary/aromatic N) is 3. The lowest BCUT2D eigenvalue weighted by Gasteiger charge is -2.14. The molecule has 1 aromatic carbocycles. The van der Waals surface area contributed by atoms with Crippen LogP contribution in [0, 0.1) is 33.5 Å². The molecule has 0 aliphatic carbocycles. The molecule has 1 amide bonds. The van der Waals surface area contributed by atoms with Crippen LogP contribution in [0.25, 0.3) is 5.69 Å². The first-order chi connectivity index (χ1) is 12.8. The Hall–Kier alpha value is -3.35. The molecular weight excluding hydrogens is 347 g/mol. The van der Waals surface area contributed by atoms with Crippen molar-refractivity contribution >= 4 is 11.6 Å². The van der Waals surface area contributed by atoms with E-state index >= 15 is 0 Å². The van der Waals surface area contributed by atoms with E-state index in [0.717, 1.165) is 11.3 Å². The minimum Gasteiger partial charge on any atom is -0.319 e. The zero-order chi connectivity index (χ0) is 19.7. The summed E-state index contributed by atoms with van der Waals surface area (Å²) >= 11 is 0. The van der Waals surface area contributed by atoms with Crippen molar-refractivity contribution in [2.45, 2.75) is 27.7 Å². The quantitative estimate of drug-likeness (QED) is 0.772. The number of carbonyl (C=O) groups is 1. The largest absolute Gasteiger partial charge is 0.319 e. The normalized spacial score (nSPS) is 10.7. The number of hydrogen-bond acceptors (Lipinski definition) is 4. The van der Waals surface area contributed by atoms with Gasteiger partial charge in [0.1, 0.15) is 11.5 Å². The highest BCUT2D eigenvalue weighted by atomic mass is 19.1. The van der Waals surface area contributed by atoms with E-state index in [1.54, 1.807) is 26.0 Å². The van der Waals surface area contributed by atoms with Gasteiger partial charge in [0.05, 0.1) is 11.4 Å². The number of pyridine rings is 1. The van der Waals surface area contributed by atoms with Crippen molar-refractivity contribution in [1.29, 1.82) is 0 Å². The highest BCUT2D eigenvalue weighted by Crippen LogP contribution is 2.20. The van der Waals surface area contributed by atoms with E-state index in [-0.39, 0.29) is 11.4 Å². The fourth-order valence-corrected chi connectivity index (χ4v) is 2.96. The molecule has 0 saturated heterocycles. The van der Waals surface area contributed by atoms with Gasteiger partial charge in [-0.25, -0.2) is 9.07 Å². The molecule has 6 nitrogen and oxygen atoms in total. The second kappa shape index (κ2) is 7.11. The van der Waals surface area contributed by atoms with Gasteiger partial charge in [0.15, 0.2) is 5.69 Å². The molecule has 27 heavy (non-hydrogen) atoms. The Bertz CT molecular complexity index is 1080. The summed E-state index contributed by atoms with van der Waals surface area (Å²) in [5, 5.41) is 6.81. The number of anilines is 1. The number of hydrogen-bond donors (Lipinski definition) is 1. The van der Waals surface area contributed by atoms with Gasteiger partial charge in [-0.15, -0.1) is 0 Å².